The maximum absolute atomic E-state index is 12.9. The molecule has 1 rings (SSSR count). The topological polar surface area (TPSA) is 15.3 Å². The van der Waals surface area contributed by atoms with Crippen LogP contribution < -0.4 is 5.32 Å². The molecule has 0 aromatic rings. The van der Waals surface area contributed by atoms with Crippen LogP contribution in [0.5, 0.6) is 0 Å². The molecule has 0 saturated heterocycles. The first-order valence-electron chi connectivity index (χ1n) is 7.98. The quantitative estimate of drug-likeness (QED) is 0.687. The van der Waals surface area contributed by atoms with E-state index in [-0.39, 0.29) is 5.92 Å². The molecule has 0 spiro atoms. The highest BCUT2D eigenvalue weighted by molar-refractivity contribution is 4.81. The van der Waals surface area contributed by atoms with Gasteiger partial charge in [-0.05, 0) is 57.9 Å². The van der Waals surface area contributed by atoms with Gasteiger partial charge in [0.1, 0.15) is 0 Å². The Balaban J connectivity index is 2.22. The van der Waals surface area contributed by atoms with Crippen molar-refractivity contribution in [3.63, 3.8) is 0 Å². The van der Waals surface area contributed by atoms with E-state index in [1.54, 1.807) is 0 Å². The van der Waals surface area contributed by atoms with Gasteiger partial charge in [-0.15, -0.1) is 0 Å². The van der Waals surface area contributed by atoms with Crippen LogP contribution in [-0.2, 0) is 0 Å². The minimum Gasteiger partial charge on any atom is -0.316 e. The molecule has 2 unspecified atom stereocenters. The molecule has 1 saturated carbocycles. The molecule has 0 aliphatic heterocycles. The van der Waals surface area contributed by atoms with Gasteiger partial charge in [0, 0.05) is 0 Å². The number of rotatable bonds is 8. The summed E-state index contributed by atoms with van der Waals surface area (Å²) in [5, 5.41) is 3.23. The fourth-order valence-corrected chi connectivity index (χ4v) is 3.14. The summed E-state index contributed by atoms with van der Waals surface area (Å²) in [7, 11) is 0. The van der Waals surface area contributed by atoms with Crippen LogP contribution in [0.3, 0.4) is 0 Å². The second-order valence-electron chi connectivity index (χ2n) is 5.78. The molecular formula is C15H29F3N2. The SMILES string of the molecule is CCN(CC)CCCNCC1CCCCC1C(F)(F)F. The average molecular weight is 294 g/mol. The maximum Gasteiger partial charge on any atom is 0.392 e. The molecule has 20 heavy (non-hydrogen) atoms. The minimum atomic E-state index is -4.02. The van der Waals surface area contributed by atoms with E-state index in [4.69, 9.17) is 0 Å². The molecule has 2 nitrogen and oxygen atoms in total. The van der Waals surface area contributed by atoms with E-state index in [0.29, 0.717) is 19.4 Å². The van der Waals surface area contributed by atoms with Crippen LogP contribution in [0, 0.1) is 11.8 Å². The molecule has 0 heterocycles. The molecule has 5 heteroatoms. The first kappa shape index (κ1) is 17.8. The predicted octanol–water partition coefficient (Wildman–Crippen LogP) is 3.68. The fourth-order valence-electron chi connectivity index (χ4n) is 3.14. The summed E-state index contributed by atoms with van der Waals surface area (Å²) in [6.45, 7) is 8.69. The third kappa shape index (κ3) is 6.00. The summed E-state index contributed by atoms with van der Waals surface area (Å²) < 4.78 is 38.8. The van der Waals surface area contributed by atoms with Gasteiger partial charge in [0.05, 0.1) is 5.92 Å². The number of nitrogens with one attached hydrogen (secondary N) is 1. The van der Waals surface area contributed by atoms with Gasteiger partial charge in [0.15, 0.2) is 0 Å². The fraction of sp³-hybridized carbons (Fsp3) is 1.00. The van der Waals surface area contributed by atoms with Gasteiger partial charge in [-0.3, -0.25) is 0 Å². The third-order valence-corrected chi connectivity index (χ3v) is 4.46. The van der Waals surface area contributed by atoms with Gasteiger partial charge < -0.3 is 10.2 Å². The highest BCUT2D eigenvalue weighted by Gasteiger charge is 2.44. The standard InChI is InChI=1S/C15H29F3N2/c1-3-20(4-2)11-7-10-19-12-13-8-5-6-9-14(13)15(16,17)18/h13-14,19H,3-12H2,1-2H3. The Morgan fingerprint density at radius 1 is 1.10 bits per heavy atom. The van der Waals surface area contributed by atoms with Crippen molar-refractivity contribution in [2.75, 3.05) is 32.7 Å². The normalized spacial score (nSPS) is 24.3. The van der Waals surface area contributed by atoms with Crippen molar-refractivity contribution >= 4 is 0 Å². The van der Waals surface area contributed by atoms with Crippen LogP contribution in [0.1, 0.15) is 46.0 Å². The van der Waals surface area contributed by atoms with Crippen LogP contribution in [0.2, 0.25) is 0 Å². The predicted molar refractivity (Wildman–Crippen MR) is 76.8 cm³/mol. The van der Waals surface area contributed by atoms with E-state index in [1.807, 2.05) is 0 Å². The van der Waals surface area contributed by atoms with Crippen LogP contribution in [-0.4, -0.2) is 43.8 Å². The lowest BCUT2D eigenvalue weighted by Crippen LogP contribution is -2.39. The molecule has 2 atom stereocenters. The smallest absolute Gasteiger partial charge is 0.316 e. The van der Waals surface area contributed by atoms with E-state index in [1.165, 1.54) is 0 Å². The Morgan fingerprint density at radius 2 is 1.75 bits per heavy atom. The maximum atomic E-state index is 12.9. The zero-order valence-electron chi connectivity index (χ0n) is 12.8. The molecule has 0 bridgehead atoms. The van der Waals surface area contributed by atoms with Crippen LogP contribution >= 0.6 is 0 Å². The van der Waals surface area contributed by atoms with E-state index in [2.05, 4.69) is 24.1 Å². The molecule has 0 radical (unpaired) electrons. The number of nitrogens with zero attached hydrogens (tertiary/aromatic N) is 1. The average Bonchev–Trinajstić information content (AvgIpc) is 2.42. The summed E-state index contributed by atoms with van der Waals surface area (Å²) in [6, 6.07) is 0. The van der Waals surface area contributed by atoms with Crippen LogP contribution in [0.4, 0.5) is 13.2 Å². The molecule has 1 fully saturated rings. The highest BCUT2D eigenvalue weighted by Crippen LogP contribution is 2.41. The first-order valence-corrected chi connectivity index (χ1v) is 7.98. The van der Waals surface area contributed by atoms with E-state index < -0.39 is 12.1 Å². The van der Waals surface area contributed by atoms with Gasteiger partial charge in [-0.25, -0.2) is 0 Å². The monoisotopic (exact) mass is 294 g/mol. The number of halogens is 3. The summed E-state index contributed by atoms with van der Waals surface area (Å²) >= 11 is 0. The van der Waals surface area contributed by atoms with Crippen molar-refractivity contribution in [2.45, 2.75) is 52.1 Å². The Kier molecular flexibility index (Phi) is 7.88. The van der Waals surface area contributed by atoms with E-state index in [0.717, 1.165) is 45.4 Å². The number of alkyl halides is 3. The number of hydrogen-bond donors (Lipinski definition) is 1. The Morgan fingerprint density at radius 3 is 2.35 bits per heavy atom. The molecule has 0 amide bonds. The van der Waals surface area contributed by atoms with Crippen molar-refractivity contribution in [3.05, 3.63) is 0 Å². The molecule has 0 aromatic heterocycles. The van der Waals surface area contributed by atoms with Crippen molar-refractivity contribution in [1.29, 1.82) is 0 Å². The Labute approximate surface area is 121 Å². The van der Waals surface area contributed by atoms with Gasteiger partial charge in [-0.1, -0.05) is 26.7 Å². The third-order valence-electron chi connectivity index (χ3n) is 4.46. The lowest BCUT2D eigenvalue weighted by molar-refractivity contribution is -0.195. The van der Waals surface area contributed by atoms with Crippen LogP contribution in [0.25, 0.3) is 0 Å². The molecule has 120 valence electrons. The van der Waals surface area contributed by atoms with Gasteiger partial charge in [0.25, 0.3) is 0 Å². The lowest BCUT2D eigenvalue weighted by atomic mass is 9.78. The summed E-state index contributed by atoms with van der Waals surface area (Å²) in [4.78, 5) is 2.33. The summed E-state index contributed by atoms with van der Waals surface area (Å²) in [6.07, 6.45) is -0.317. The minimum absolute atomic E-state index is 0.225. The molecule has 0 aromatic carbocycles. The highest BCUT2D eigenvalue weighted by atomic mass is 19.4. The molecule has 1 N–H and O–H groups in total. The molecule has 1 aliphatic rings. The number of hydrogen-bond acceptors (Lipinski definition) is 2. The van der Waals surface area contributed by atoms with E-state index in [9.17, 15) is 13.2 Å². The summed E-state index contributed by atoms with van der Waals surface area (Å²) in [5.74, 6) is -1.32. The van der Waals surface area contributed by atoms with Crippen LogP contribution in [0.15, 0.2) is 0 Å². The Bertz CT molecular complexity index is 252. The second-order valence-corrected chi connectivity index (χ2v) is 5.78. The largest absolute Gasteiger partial charge is 0.392 e. The molecule has 1 aliphatic carbocycles. The first-order chi connectivity index (χ1) is 9.49. The van der Waals surface area contributed by atoms with Gasteiger partial charge >= 0.3 is 6.18 Å². The van der Waals surface area contributed by atoms with Crippen molar-refractivity contribution in [1.82, 2.24) is 10.2 Å². The van der Waals surface area contributed by atoms with Crippen molar-refractivity contribution < 1.29 is 13.2 Å². The molecular weight excluding hydrogens is 265 g/mol. The van der Waals surface area contributed by atoms with Gasteiger partial charge in [-0.2, -0.15) is 13.2 Å². The van der Waals surface area contributed by atoms with Gasteiger partial charge in [0.2, 0.25) is 0 Å². The summed E-state index contributed by atoms with van der Waals surface area (Å²) in [5.41, 5.74) is 0. The van der Waals surface area contributed by atoms with Crippen molar-refractivity contribution in [2.24, 2.45) is 11.8 Å². The zero-order chi connectivity index (χ0) is 15.0. The van der Waals surface area contributed by atoms with E-state index >= 15 is 0 Å². The van der Waals surface area contributed by atoms with Crippen molar-refractivity contribution in [3.8, 4) is 0 Å². The second kappa shape index (κ2) is 8.88. The Hall–Kier alpha value is -0.290. The lowest BCUT2D eigenvalue weighted by Gasteiger charge is -2.33. The zero-order valence-corrected chi connectivity index (χ0v) is 12.8.